The maximum absolute atomic E-state index is 8.79. The van der Waals surface area contributed by atoms with Crippen LogP contribution in [0.3, 0.4) is 0 Å². The number of aromatic nitrogens is 2. The highest BCUT2D eigenvalue weighted by Gasteiger charge is 2.10. The van der Waals surface area contributed by atoms with E-state index in [4.69, 9.17) is 5.26 Å². The van der Waals surface area contributed by atoms with E-state index in [0.717, 1.165) is 11.5 Å². The number of anilines is 3. The summed E-state index contributed by atoms with van der Waals surface area (Å²) in [5, 5.41) is 11.7. The first-order chi connectivity index (χ1) is 9.35. The molecule has 19 heavy (non-hydrogen) atoms. The van der Waals surface area contributed by atoms with Crippen LogP contribution >= 0.6 is 0 Å². The first kappa shape index (κ1) is 12.8. The van der Waals surface area contributed by atoms with Crippen LogP contribution in [-0.2, 0) is 0 Å². The number of nitrogens with zero attached hydrogens (tertiary/aromatic N) is 4. The van der Waals surface area contributed by atoms with Crippen LogP contribution < -0.4 is 10.2 Å². The van der Waals surface area contributed by atoms with Gasteiger partial charge in [-0.25, -0.2) is 4.98 Å². The largest absolute Gasteiger partial charge is 0.357 e. The first-order valence-corrected chi connectivity index (χ1v) is 6.05. The van der Waals surface area contributed by atoms with E-state index in [-0.39, 0.29) is 0 Å². The molecule has 1 aromatic carbocycles. The van der Waals surface area contributed by atoms with Crippen molar-refractivity contribution in [2.45, 2.75) is 6.42 Å². The summed E-state index contributed by atoms with van der Waals surface area (Å²) in [5.74, 6) is 1.34. The van der Waals surface area contributed by atoms with Crippen molar-refractivity contribution in [3.05, 3.63) is 42.6 Å². The second-order valence-corrected chi connectivity index (χ2v) is 3.88. The lowest BCUT2D eigenvalue weighted by Crippen LogP contribution is -2.19. The molecule has 0 atom stereocenters. The zero-order valence-corrected chi connectivity index (χ0v) is 10.7. The number of nitriles is 1. The lowest BCUT2D eigenvalue weighted by molar-refractivity contribution is 0.921. The maximum Gasteiger partial charge on any atom is 0.224 e. The summed E-state index contributed by atoms with van der Waals surface area (Å²) in [6.45, 7) is 0.598. The van der Waals surface area contributed by atoms with Gasteiger partial charge in [-0.2, -0.15) is 10.2 Å². The van der Waals surface area contributed by atoms with E-state index in [0.29, 0.717) is 18.9 Å². The molecule has 1 heterocycles. The van der Waals surface area contributed by atoms with E-state index in [9.17, 15) is 0 Å². The molecule has 0 saturated heterocycles. The smallest absolute Gasteiger partial charge is 0.224 e. The number of benzene rings is 1. The third-order valence-electron chi connectivity index (χ3n) is 2.66. The molecule has 96 valence electrons. The number of nitrogens with one attached hydrogen (secondary N) is 1. The van der Waals surface area contributed by atoms with Crippen LogP contribution in [0.5, 0.6) is 0 Å². The Labute approximate surface area is 112 Å². The molecule has 5 nitrogen and oxygen atoms in total. The van der Waals surface area contributed by atoms with Crippen LogP contribution in [0.2, 0.25) is 0 Å². The molecule has 0 fully saturated rings. The minimum Gasteiger partial charge on any atom is -0.357 e. The van der Waals surface area contributed by atoms with Crippen LogP contribution in [0, 0.1) is 11.3 Å². The highest BCUT2D eigenvalue weighted by atomic mass is 15.2. The van der Waals surface area contributed by atoms with Crippen molar-refractivity contribution in [2.24, 2.45) is 0 Å². The van der Waals surface area contributed by atoms with Crippen LogP contribution in [0.4, 0.5) is 17.5 Å². The van der Waals surface area contributed by atoms with Crippen molar-refractivity contribution in [1.29, 1.82) is 5.26 Å². The van der Waals surface area contributed by atoms with Gasteiger partial charge < -0.3 is 10.2 Å². The van der Waals surface area contributed by atoms with E-state index < -0.39 is 0 Å². The Bertz CT molecular complexity index is 562. The van der Waals surface area contributed by atoms with Gasteiger partial charge in [-0.1, -0.05) is 18.2 Å². The Balaban J connectivity index is 2.34. The number of para-hydroxylation sites is 1. The third kappa shape index (κ3) is 3.19. The first-order valence-electron chi connectivity index (χ1n) is 6.05. The Morgan fingerprint density at radius 1 is 1.26 bits per heavy atom. The van der Waals surface area contributed by atoms with Gasteiger partial charge in [0.05, 0.1) is 12.5 Å². The fourth-order valence-electron chi connectivity index (χ4n) is 1.77. The Morgan fingerprint density at radius 2 is 2.05 bits per heavy atom. The summed E-state index contributed by atoms with van der Waals surface area (Å²) in [5.41, 5.74) is 1.01. The van der Waals surface area contributed by atoms with Gasteiger partial charge in [0.2, 0.25) is 5.95 Å². The minimum absolute atomic E-state index is 0.438. The van der Waals surface area contributed by atoms with Gasteiger partial charge in [-0.3, -0.25) is 0 Å². The maximum atomic E-state index is 8.79. The van der Waals surface area contributed by atoms with Crippen LogP contribution in [0.25, 0.3) is 0 Å². The summed E-state index contributed by atoms with van der Waals surface area (Å²) < 4.78 is 0. The molecule has 2 aromatic rings. The van der Waals surface area contributed by atoms with E-state index >= 15 is 0 Å². The second kappa shape index (κ2) is 6.36. The molecule has 0 spiro atoms. The van der Waals surface area contributed by atoms with E-state index in [2.05, 4.69) is 21.4 Å². The Morgan fingerprint density at radius 3 is 2.74 bits per heavy atom. The van der Waals surface area contributed by atoms with Crippen molar-refractivity contribution < 1.29 is 0 Å². The molecule has 1 aromatic heterocycles. The van der Waals surface area contributed by atoms with Gasteiger partial charge in [0.25, 0.3) is 0 Å². The van der Waals surface area contributed by atoms with E-state index in [1.165, 1.54) is 0 Å². The number of hydrogen-bond acceptors (Lipinski definition) is 5. The topological polar surface area (TPSA) is 64.8 Å². The quantitative estimate of drug-likeness (QED) is 0.887. The molecule has 0 saturated carbocycles. The highest BCUT2D eigenvalue weighted by Crippen LogP contribution is 2.23. The van der Waals surface area contributed by atoms with Crippen molar-refractivity contribution in [3.8, 4) is 6.07 Å². The van der Waals surface area contributed by atoms with Crippen LogP contribution in [0.15, 0.2) is 42.6 Å². The normalized spacial score (nSPS) is 9.68. The lowest BCUT2D eigenvalue weighted by atomic mass is 10.2. The minimum atomic E-state index is 0.438. The standard InChI is InChI=1S/C14H15N5/c1-16-14-17-10-8-13(18-14)19(11-5-9-15)12-6-3-2-4-7-12/h2-4,6-8,10H,5,11H2,1H3,(H,16,17,18). The molecule has 5 heteroatoms. The monoisotopic (exact) mass is 253 g/mol. The van der Waals surface area contributed by atoms with Crippen LogP contribution in [0.1, 0.15) is 6.42 Å². The molecule has 0 aliphatic rings. The molecule has 1 N–H and O–H groups in total. The highest BCUT2D eigenvalue weighted by molar-refractivity contribution is 5.60. The zero-order chi connectivity index (χ0) is 13.5. The molecule has 0 radical (unpaired) electrons. The SMILES string of the molecule is CNc1nccc(N(CCC#N)c2ccccc2)n1. The van der Waals surface area contributed by atoms with Crippen LogP contribution in [-0.4, -0.2) is 23.6 Å². The molecule has 0 amide bonds. The molecular formula is C14H15N5. The van der Waals surface area contributed by atoms with Gasteiger partial charge in [-0.05, 0) is 18.2 Å². The van der Waals surface area contributed by atoms with Gasteiger partial charge in [0.15, 0.2) is 0 Å². The fourth-order valence-corrected chi connectivity index (χ4v) is 1.77. The second-order valence-electron chi connectivity index (χ2n) is 3.88. The predicted octanol–water partition coefficient (Wildman–Crippen LogP) is 2.57. The van der Waals surface area contributed by atoms with Gasteiger partial charge in [0.1, 0.15) is 5.82 Å². The van der Waals surface area contributed by atoms with Crippen molar-refractivity contribution in [1.82, 2.24) is 9.97 Å². The fraction of sp³-hybridized carbons (Fsp3) is 0.214. The van der Waals surface area contributed by atoms with Crippen molar-refractivity contribution in [3.63, 3.8) is 0 Å². The number of rotatable bonds is 5. The van der Waals surface area contributed by atoms with Crippen molar-refractivity contribution in [2.75, 3.05) is 23.8 Å². The molecular weight excluding hydrogens is 238 g/mol. The van der Waals surface area contributed by atoms with Gasteiger partial charge in [0, 0.05) is 25.5 Å². The summed E-state index contributed by atoms with van der Waals surface area (Å²) in [7, 11) is 1.78. The Hall–Kier alpha value is -2.61. The van der Waals surface area contributed by atoms with Gasteiger partial charge in [-0.15, -0.1) is 0 Å². The molecule has 0 aliphatic carbocycles. The number of hydrogen-bond donors (Lipinski definition) is 1. The van der Waals surface area contributed by atoms with Gasteiger partial charge >= 0.3 is 0 Å². The zero-order valence-electron chi connectivity index (χ0n) is 10.7. The van der Waals surface area contributed by atoms with E-state index in [1.807, 2.05) is 41.3 Å². The third-order valence-corrected chi connectivity index (χ3v) is 2.66. The molecule has 0 aliphatic heterocycles. The average molecular weight is 253 g/mol. The summed E-state index contributed by atoms with van der Waals surface area (Å²) >= 11 is 0. The predicted molar refractivity (Wildman–Crippen MR) is 75.3 cm³/mol. The average Bonchev–Trinajstić information content (AvgIpc) is 2.49. The summed E-state index contributed by atoms with van der Waals surface area (Å²) in [4.78, 5) is 10.5. The van der Waals surface area contributed by atoms with Crippen molar-refractivity contribution >= 4 is 17.5 Å². The molecule has 0 unspecified atom stereocenters. The summed E-state index contributed by atoms with van der Waals surface area (Å²) in [6, 6.07) is 13.9. The molecule has 0 bridgehead atoms. The van der Waals surface area contributed by atoms with E-state index in [1.54, 1.807) is 13.2 Å². The Kier molecular flexibility index (Phi) is 4.29. The lowest BCUT2D eigenvalue weighted by Gasteiger charge is -2.22. The molecule has 2 rings (SSSR count). The summed E-state index contributed by atoms with van der Waals surface area (Å²) in [6.07, 6.45) is 2.14.